The van der Waals surface area contributed by atoms with Crippen LogP contribution in [-0.4, -0.2) is 32.4 Å². The van der Waals surface area contributed by atoms with Crippen LogP contribution in [0.5, 0.6) is 0 Å². The first kappa shape index (κ1) is 16.6. The van der Waals surface area contributed by atoms with Crippen molar-refractivity contribution in [3.05, 3.63) is 53.0 Å². The number of benzene rings is 1. The van der Waals surface area contributed by atoms with Gasteiger partial charge in [-0.2, -0.15) is 0 Å². The van der Waals surface area contributed by atoms with E-state index >= 15 is 0 Å². The molecule has 1 aliphatic rings. The van der Waals surface area contributed by atoms with Gasteiger partial charge in [-0.05, 0) is 31.5 Å². The summed E-state index contributed by atoms with van der Waals surface area (Å²) in [6.45, 7) is 5.05. The van der Waals surface area contributed by atoms with Crippen molar-refractivity contribution in [1.82, 2.24) is 25.2 Å². The van der Waals surface area contributed by atoms with E-state index in [4.69, 9.17) is 0 Å². The SMILES string of the molecule is CC[C@H](NC(=O)N1CCc2[nH]c3ccc(F)cc3c2C1)c1ncc(C)[nH]1. The van der Waals surface area contributed by atoms with Gasteiger partial charge in [0.1, 0.15) is 11.6 Å². The number of nitrogens with one attached hydrogen (secondary N) is 3. The van der Waals surface area contributed by atoms with Gasteiger partial charge in [0.05, 0.1) is 6.04 Å². The largest absolute Gasteiger partial charge is 0.358 e. The topological polar surface area (TPSA) is 76.8 Å². The van der Waals surface area contributed by atoms with Crippen molar-refractivity contribution < 1.29 is 9.18 Å². The molecule has 0 radical (unpaired) electrons. The molecule has 0 fully saturated rings. The summed E-state index contributed by atoms with van der Waals surface area (Å²) >= 11 is 0. The predicted molar refractivity (Wildman–Crippen MR) is 97.3 cm³/mol. The quantitative estimate of drug-likeness (QED) is 0.672. The summed E-state index contributed by atoms with van der Waals surface area (Å²) in [4.78, 5) is 25.4. The molecule has 0 spiro atoms. The summed E-state index contributed by atoms with van der Waals surface area (Å²) in [5, 5.41) is 3.91. The Morgan fingerprint density at radius 3 is 3.00 bits per heavy atom. The van der Waals surface area contributed by atoms with Gasteiger partial charge >= 0.3 is 6.03 Å². The molecule has 3 aromatic rings. The van der Waals surface area contributed by atoms with Gasteiger partial charge in [0.15, 0.2) is 0 Å². The Kier molecular flexibility index (Phi) is 4.14. The lowest BCUT2D eigenvalue weighted by Gasteiger charge is -2.29. The number of urea groups is 1. The number of amides is 2. The second-order valence-electron chi connectivity index (χ2n) is 6.81. The van der Waals surface area contributed by atoms with Crippen molar-refractivity contribution in [3.8, 4) is 0 Å². The number of carbonyl (C=O) groups excluding carboxylic acids is 1. The van der Waals surface area contributed by atoms with E-state index in [0.717, 1.165) is 46.5 Å². The Labute approximate surface area is 150 Å². The Bertz CT molecular complexity index is 960. The van der Waals surface area contributed by atoms with Gasteiger partial charge in [0.2, 0.25) is 0 Å². The molecule has 3 N–H and O–H groups in total. The summed E-state index contributed by atoms with van der Waals surface area (Å²) in [6.07, 6.45) is 3.24. The minimum atomic E-state index is -0.264. The van der Waals surface area contributed by atoms with Crippen LogP contribution in [0.1, 0.15) is 42.2 Å². The number of H-pyrrole nitrogens is 2. The van der Waals surface area contributed by atoms with E-state index in [-0.39, 0.29) is 17.9 Å². The number of imidazole rings is 1. The van der Waals surface area contributed by atoms with E-state index in [1.807, 2.05) is 13.8 Å². The second-order valence-corrected chi connectivity index (χ2v) is 6.81. The third kappa shape index (κ3) is 2.94. The highest BCUT2D eigenvalue weighted by Crippen LogP contribution is 2.28. The molecule has 6 nitrogen and oxygen atoms in total. The number of aryl methyl sites for hydroxylation is 1. The predicted octanol–water partition coefficient (Wildman–Crippen LogP) is 3.56. The van der Waals surface area contributed by atoms with Crippen molar-refractivity contribution >= 4 is 16.9 Å². The zero-order valence-corrected chi connectivity index (χ0v) is 14.9. The number of carbonyl (C=O) groups is 1. The van der Waals surface area contributed by atoms with E-state index in [0.29, 0.717) is 13.1 Å². The molecule has 26 heavy (non-hydrogen) atoms. The van der Waals surface area contributed by atoms with Crippen LogP contribution in [0.3, 0.4) is 0 Å². The molecule has 0 aliphatic carbocycles. The molecular weight excluding hydrogens is 333 g/mol. The first-order valence-corrected chi connectivity index (χ1v) is 8.91. The average Bonchev–Trinajstić information content (AvgIpc) is 3.22. The molecule has 1 aliphatic heterocycles. The molecule has 2 amide bonds. The van der Waals surface area contributed by atoms with Gasteiger partial charge in [-0.3, -0.25) is 0 Å². The first-order valence-electron chi connectivity index (χ1n) is 8.91. The van der Waals surface area contributed by atoms with E-state index in [1.54, 1.807) is 17.2 Å². The maximum Gasteiger partial charge on any atom is 0.318 e. The van der Waals surface area contributed by atoms with Gasteiger partial charge in [0, 0.05) is 53.6 Å². The van der Waals surface area contributed by atoms with Crippen LogP contribution in [0.15, 0.2) is 24.4 Å². The molecule has 0 saturated heterocycles. The Morgan fingerprint density at radius 1 is 1.42 bits per heavy atom. The Balaban J connectivity index is 1.53. The number of rotatable bonds is 3. The van der Waals surface area contributed by atoms with E-state index in [2.05, 4.69) is 20.3 Å². The molecule has 3 heterocycles. The van der Waals surface area contributed by atoms with Crippen LogP contribution >= 0.6 is 0 Å². The van der Waals surface area contributed by atoms with Crippen LogP contribution in [-0.2, 0) is 13.0 Å². The summed E-state index contributed by atoms with van der Waals surface area (Å²) in [6, 6.07) is 4.46. The summed E-state index contributed by atoms with van der Waals surface area (Å²) in [7, 11) is 0. The van der Waals surface area contributed by atoms with Crippen LogP contribution in [0.25, 0.3) is 10.9 Å². The fraction of sp³-hybridized carbons (Fsp3) is 0.368. The van der Waals surface area contributed by atoms with Crippen molar-refractivity contribution in [2.24, 2.45) is 0 Å². The van der Waals surface area contributed by atoms with Gasteiger partial charge in [-0.25, -0.2) is 14.2 Å². The van der Waals surface area contributed by atoms with Crippen LogP contribution in [0, 0.1) is 12.7 Å². The zero-order chi connectivity index (χ0) is 18.3. The molecule has 0 bridgehead atoms. The fourth-order valence-corrected chi connectivity index (χ4v) is 3.57. The monoisotopic (exact) mass is 355 g/mol. The average molecular weight is 355 g/mol. The zero-order valence-electron chi connectivity index (χ0n) is 14.9. The first-order chi connectivity index (χ1) is 12.5. The number of aromatic amines is 2. The van der Waals surface area contributed by atoms with Gasteiger partial charge in [-0.15, -0.1) is 0 Å². The molecule has 1 aromatic carbocycles. The highest BCUT2D eigenvalue weighted by Gasteiger charge is 2.26. The second kappa shape index (κ2) is 6.48. The molecule has 4 rings (SSSR count). The maximum absolute atomic E-state index is 13.6. The number of nitrogens with zero attached hydrogens (tertiary/aromatic N) is 2. The molecule has 7 heteroatoms. The summed E-state index contributed by atoms with van der Waals surface area (Å²) < 4.78 is 13.6. The molecule has 0 unspecified atom stereocenters. The number of halogens is 1. The standard InChI is InChI=1S/C19H22FN5O/c1-3-15(18-21-9-11(2)22-18)24-19(26)25-7-6-17-14(10-25)13-8-12(20)4-5-16(13)23-17/h4-5,8-9,15,23H,3,6-7,10H2,1-2H3,(H,21,22)(H,24,26)/t15-/m0/s1. The van der Waals surface area contributed by atoms with Crippen molar-refractivity contribution in [2.45, 2.75) is 39.3 Å². The van der Waals surface area contributed by atoms with Crippen molar-refractivity contribution in [1.29, 1.82) is 0 Å². The maximum atomic E-state index is 13.6. The highest BCUT2D eigenvalue weighted by molar-refractivity contribution is 5.86. The van der Waals surface area contributed by atoms with Crippen LogP contribution in [0.4, 0.5) is 9.18 Å². The Hall–Kier alpha value is -2.83. The van der Waals surface area contributed by atoms with Gasteiger partial charge < -0.3 is 20.2 Å². The number of hydrogen-bond acceptors (Lipinski definition) is 2. The smallest absolute Gasteiger partial charge is 0.318 e. The van der Waals surface area contributed by atoms with Gasteiger partial charge in [0.25, 0.3) is 0 Å². The number of aromatic nitrogens is 3. The van der Waals surface area contributed by atoms with Gasteiger partial charge in [-0.1, -0.05) is 6.92 Å². The van der Waals surface area contributed by atoms with E-state index in [9.17, 15) is 9.18 Å². The molecule has 136 valence electrons. The summed E-state index contributed by atoms with van der Waals surface area (Å²) in [5.74, 6) is 0.505. The van der Waals surface area contributed by atoms with E-state index < -0.39 is 0 Å². The molecular formula is C19H22FN5O. The minimum Gasteiger partial charge on any atom is -0.358 e. The molecule has 2 aromatic heterocycles. The van der Waals surface area contributed by atoms with E-state index in [1.165, 1.54) is 12.1 Å². The fourth-order valence-electron chi connectivity index (χ4n) is 3.57. The minimum absolute atomic E-state index is 0.123. The lowest BCUT2D eigenvalue weighted by Crippen LogP contribution is -2.44. The molecule has 0 saturated carbocycles. The normalized spacial score (nSPS) is 15.1. The lowest BCUT2D eigenvalue weighted by molar-refractivity contribution is 0.187. The van der Waals surface area contributed by atoms with Crippen LogP contribution in [0.2, 0.25) is 0 Å². The number of hydrogen-bond donors (Lipinski definition) is 3. The summed E-state index contributed by atoms with van der Waals surface area (Å²) in [5.41, 5.74) is 3.97. The molecule has 1 atom stereocenters. The number of fused-ring (bicyclic) bond motifs is 3. The third-order valence-corrected chi connectivity index (χ3v) is 4.98. The van der Waals surface area contributed by atoms with Crippen LogP contribution < -0.4 is 5.32 Å². The lowest BCUT2D eigenvalue weighted by atomic mass is 10.0. The Morgan fingerprint density at radius 2 is 2.27 bits per heavy atom. The highest BCUT2D eigenvalue weighted by atomic mass is 19.1. The van der Waals surface area contributed by atoms with Crippen molar-refractivity contribution in [3.63, 3.8) is 0 Å². The van der Waals surface area contributed by atoms with Crippen molar-refractivity contribution in [2.75, 3.05) is 6.54 Å². The third-order valence-electron chi connectivity index (χ3n) is 4.98.